The Morgan fingerprint density at radius 3 is 2.70 bits per heavy atom. The van der Waals surface area contributed by atoms with Crippen LogP contribution in [0, 0.1) is 12.8 Å². The largest absolute Gasteiger partial charge is 0.508 e. The van der Waals surface area contributed by atoms with Crippen LogP contribution in [-0.2, 0) is 4.79 Å². The van der Waals surface area contributed by atoms with Crippen LogP contribution in [0.1, 0.15) is 38.7 Å². The SMILES string of the molecule is CCN(C(=O)CCC(C)CCN)c1cc(O)ccc1C. The van der Waals surface area contributed by atoms with E-state index in [0.29, 0.717) is 25.4 Å². The summed E-state index contributed by atoms with van der Waals surface area (Å²) in [5.74, 6) is 0.756. The Labute approximate surface area is 121 Å². The zero-order chi connectivity index (χ0) is 15.1. The Kier molecular flexibility index (Phi) is 6.52. The van der Waals surface area contributed by atoms with Crippen LogP contribution in [0.3, 0.4) is 0 Å². The predicted molar refractivity (Wildman–Crippen MR) is 82.9 cm³/mol. The first-order valence-corrected chi connectivity index (χ1v) is 7.29. The summed E-state index contributed by atoms with van der Waals surface area (Å²) in [7, 11) is 0. The molecule has 1 aromatic rings. The van der Waals surface area contributed by atoms with Crippen LogP contribution in [0.25, 0.3) is 0 Å². The van der Waals surface area contributed by atoms with E-state index >= 15 is 0 Å². The van der Waals surface area contributed by atoms with Gasteiger partial charge in [-0.15, -0.1) is 0 Å². The fourth-order valence-electron chi connectivity index (χ4n) is 2.30. The van der Waals surface area contributed by atoms with Gasteiger partial charge in [-0.05, 0) is 50.8 Å². The van der Waals surface area contributed by atoms with Crippen LogP contribution >= 0.6 is 0 Å². The summed E-state index contributed by atoms with van der Waals surface area (Å²) in [6.45, 7) is 7.29. The van der Waals surface area contributed by atoms with Crippen LogP contribution in [-0.4, -0.2) is 24.1 Å². The molecule has 0 radical (unpaired) electrons. The second-order valence-electron chi connectivity index (χ2n) is 5.33. The Bertz CT molecular complexity index is 446. The van der Waals surface area contributed by atoms with E-state index in [-0.39, 0.29) is 11.7 Å². The van der Waals surface area contributed by atoms with E-state index in [1.165, 1.54) is 0 Å². The predicted octanol–water partition coefficient (Wildman–Crippen LogP) is 2.82. The molecule has 0 aliphatic heterocycles. The molecule has 0 aliphatic rings. The third-order valence-electron chi connectivity index (χ3n) is 3.61. The maximum absolute atomic E-state index is 12.4. The minimum absolute atomic E-state index is 0.102. The van der Waals surface area contributed by atoms with Crippen molar-refractivity contribution in [1.29, 1.82) is 0 Å². The van der Waals surface area contributed by atoms with E-state index in [1.54, 1.807) is 17.0 Å². The highest BCUT2D eigenvalue weighted by Crippen LogP contribution is 2.26. The van der Waals surface area contributed by atoms with E-state index < -0.39 is 0 Å². The van der Waals surface area contributed by atoms with Gasteiger partial charge in [-0.25, -0.2) is 0 Å². The first-order valence-electron chi connectivity index (χ1n) is 7.29. The standard InChI is InChI=1S/C16H26N2O2/c1-4-18(15-11-14(19)7-6-13(15)3)16(20)8-5-12(2)9-10-17/h6-7,11-12,19H,4-5,8-10,17H2,1-3H3. The third-order valence-corrected chi connectivity index (χ3v) is 3.61. The summed E-state index contributed by atoms with van der Waals surface area (Å²) in [5, 5.41) is 9.60. The zero-order valence-electron chi connectivity index (χ0n) is 12.7. The average molecular weight is 278 g/mol. The first-order chi connectivity index (χ1) is 9.49. The molecule has 4 heteroatoms. The number of hydrogen-bond donors (Lipinski definition) is 2. The van der Waals surface area contributed by atoms with Gasteiger partial charge in [-0.2, -0.15) is 0 Å². The lowest BCUT2D eigenvalue weighted by Crippen LogP contribution is -2.31. The fourth-order valence-corrected chi connectivity index (χ4v) is 2.30. The van der Waals surface area contributed by atoms with Crippen molar-refractivity contribution in [2.75, 3.05) is 18.0 Å². The monoisotopic (exact) mass is 278 g/mol. The van der Waals surface area contributed by atoms with Gasteiger partial charge in [0.25, 0.3) is 0 Å². The van der Waals surface area contributed by atoms with Crippen LogP contribution in [0.2, 0.25) is 0 Å². The van der Waals surface area contributed by atoms with E-state index in [0.717, 1.165) is 24.1 Å². The number of rotatable bonds is 7. The second kappa shape index (κ2) is 7.90. The number of hydrogen-bond acceptors (Lipinski definition) is 3. The van der Waals surface area contributed by atoms with E-state index in [4.69, 9.17) is 5.73 Å². The molecule has 4 nitrogen and oxygen atoms in total. The Morgan fingerprint density at radius 2 is 2.10 bits per heavy atom. The van der Waals surface area contributed by atoms with Gasteiger partial charge in [0.1, 0.15) is 5.75 Å². The average Bonchev–Trinajstić information content (AvgIpc) is 2.41. The molecule has 112 valence electrons. The van der Waals surface area contributed by atoms with E-state index in [2.05, 4.69) is 6.92 Å². The molecular formula is C16H26N2O2. The van der Waals surface area contributed by atoms with Crippen molar-refractivity contribution in [3.63, 3.8) is 0 Å². The van der Waals surface area contributed by atoms with Gasteiger partial charge in [0, 0.05) is 19.0 Å². The smallest absolute Gasteiger partial charge is 0.226 e. The normalized spacial score (nSPS) is 12.2. The molecule has 0 aromatic heterocycles. The van der Waals surface area contributed by atoms with Crippen LogP contribution in [0.15, 0.2) is 18.2 Å². The van der Waals surface area contributed by atoms with Crippen LogP contribution in [0.5, 0.6) is 5.75 Å². The minimum atomic E-state index is 0.102. The van der Waals surface area contributed by atoms with Gasteiger partial charge in [0.2, 0.25) is 5.91 Å². The third kappa shape index (κ3) is 4.53. The summed E-state index contributed by atoms with van der Waals surface area (Å²) < 4.78 is 0. The molecule has 1 aromatic carbocycles. The molecule has 1 atom stereocenters. The van der Waals surface area contributed by atoms with E-state index in [9.17, 15) is 9.90 Å². The second-order valence-corrected chi connectivity index (χ2v) is 5.33. The summed E-state index contributed by atoms with van der Waals surface area (Å²) in [4.78, 5) is 14.1. The highest BCUT2D eigenvalue weighted by molar-refractivity contribution is 5.94. The summed E-state index contributed by atoms with van der Waals surface area (Å²) >= 11 is 0. The lowest BCUT2D eigenvalue weighted by molar-refractivity contribution is -0.118. The summed E-state index contributed by atoms with van der Waals surface area (Å²) in [6, 6.07) is 5.12. The number of aromatic hydroxyl groups is 1. The lowest BCUT2D eigenvalue weighted by Gasteiger charge is -2.24. The van der Waals surface area contributed by atoms with Gasteiger partial charge in [-0.3, -0.25) is 4.79 Å². The van der Waals surface area contributed by atoms with Crippen molar-refractivity contribution in [3.8, 4) is 5.75 Å². The quantitative estimate of drug-likeness (QED) is 0.806. The highest BCUT2D eigenvalue weighted by atomic mass is 16.3. The molecule has 1 unspecified atom stereocenters. The number of nitrogens with zero attached hydrogens (tertiary/aromatic N) is 1. The molecule has 3 N–H and O–H groups in total. The van der Waals surface area contributed by atoms with Crippen molar-refractivity contribution in [3.05, 3.63) is 23.8 Å². The van der Waals surface area contributed by atoms with Gasteiger partial charge in [0.05, 0.1) is 5.69 Å². The van der Waals surface area contributed by atoms with Crippen molar-refractivity contribution in [1.82, 2.24) is 0 Å². The molecule has 0 spiro atoms. The van der Waals surface area contributed by atoms with Crippen molar-refractivity contribution < 1.29 is 9.90 Å². The number of carbonyl (C=O) groups is 1. The molecule has 0 aliphatic carbocycles. The minimum Gasteiger partial charge on any atom is -0.508 e. The summed E-state index contributed by atoms with van der Waals surface area (Å²) in [6.07, 6.45) is 2.32. The van der Waals surface area contributed by atoms with Crippen molar-refractivity contribution >= 4 is 11.6 Å². The first kappa shape index (κ1) is 16.5. The number of anilines is 1. The summed E-state index contributed by atoms with van der Waals surface area (Å²) in [5.41, 5.74) is 7.32. The Hall–Kier alpha value is -1.55. The molecule has 0 fully saturated rings. The number of amides is 1. The topological polar surface area (TPSA) is 66.6 Å². The molecule has 1 amide bonds. The van der Waals surface area contributed by atoms with Gasteiger partial charge in [0.15, 0.2) is 0 Å². The highest BCUT2D eigenvalue weighted by Gasteiger charge is 2.17. The van der Waals surface area contributed by atoms with Crippen LogP contribution < -0.4 is 10.6 Å². The molecule has 0 saturated carbocycles. The molecule has 20 heavy (non-hydrogen) atoms. The van der Waals surface area contributed by atoms with Gasteiger partial charge in [-0.1, -0.05) is 13.0 Å². The number of aryl methyl sites for hydroxylation is 1. The molecule has 0 bridgehead atoms. The number of benzene rings is 1. The van der Waals surface area contributed by atoms with Crippen molar-refractivity contribution in [2.45, 2.75) is 40.0 Å². The maximum Gasteiger partial charge on any atom is 0.226 e. The number of phenols is 1. The molecule has 1 rings (SSSR count). The Morgan fingerprint density at radius 1 is 1.40 bits per heavy atom. The van der Waals surface area contributed by atoms with Gasteiger partial charge >= 0.3 is 0 Å². The van der Waals surface area contributed by atoms with Crippen LogP contribution in [0.4, 0.5) is 5.69 Å². The number of phenolic OH excluding ortho intramolecular Hbond substituents is 1. The molecule has 0 saturated heterocycles. The Balaban J connectivity index is 2.74. The van der Waals surface area contributed by atoms with Crippen molar-refractivity contribution in [2.24, 2.45) is 11.7 Å². The number of carbonyl (C=O) groups excluding carboxylic acids is 1. The van der Waals surface area contributed by atoms with E-state index in [1.807, 2.05) is 19.9 Å². The molecular weight excluding hydrogens is 252 g/mol. The zero-order valence-corrected chi connectivity index (χ0v) is 12.7. The lowest BCUT2D eigenvalue weighted by atomic mass is 10.0. The maximum atomic E-state index is 12.4. The fraction of sp³-hybridized carbons (Fsp3) is 0.562. The molecule has 0 heterocycles. The van der Waals surface area contributed by atoms with Gasteiger partial charge < -0.3 is 15.7 Å². The number of nitrogens with two attached hydrogens (primary N) is 1.